The van der Waals surface area contributed by atoms with Gasteiger partial charge in [-0.2, -0.15) is 0 Å². The van der Waals surface area contributed by atoms with Gasteiger partial charge in [0.1, 0.15) is 5.69 Å². The number of fused-ring (bicyclic) bond motifs is 1. The Balaban J connectivity index is 1.70. The van der Waals surface area contributed by atoms with Crippen LogP contribution in [0.25, 0.3) is 0 Å². The maximum atomic E-state index is 12.5. The topological polar surface area (TPSA) is 75.5 Å². The molecule has 0 radical (unpaired) electrons. The maximum Gasteiger partial charge on any atom is 0.292 e. The molecule has 0 fully saturated rings. The first-order chi connectivity index (χ1) is 11.1. The summed E-state index contributed by atoms with van der Waals surface area (Å²) in [4.78, 5) is 26.5. The molecule has 0 saturated carbocycles. The predicted octanol–water partition coefficient (Wildman–Crippen LogP) is 3.04. The number of benzene rings is 1. The molecule has 1 aromatic heterocycles. The minimum absolute atomic E-state index is 0.0909. The normalized spacial score (nSPS) is 15.7. The van der Waals surface area contributed by atoms with Crippen molar-refractivity contribution in [2.24, 2.45) is 0 Å². The van der Waals surface area contributed by atoms with E-state index >= 15 is 0 Å². The van der Waals surface area contributed by atoms with Gasteiger partial charge in [-0.05, 0) is 36.4 Å². The van der Waals surface area contributed by atoms with Crippen LogP contribution in [-0.4, -0.2) is 28.3 Å². The maximum absolute atomic E-state index is 12.5. The van der Waals surface area contributed by atoms with Crippen LogP contribution in [0.5, 0.6) is 0 Å². The van der Waals surface area contributed by atoms with Gasteiger partial charge in [0.05, 0.1) is 11.0 Å². The summed E-state index contributed by atoms with van der Waals surface area (Å²) in [6, 6.07) is 7.95. The summed E-state index contributed by atoms with van der Waals surface area (Å²) in [6.07, 6.45) is 0.941. The third kappa shape index (κ3) is 3.25. The SMILES string of the molecule is CC(C(=O)Nc1ccccc1[N+](=O)[O-])N1CCc2sccc2C1. The van der Waals surface area contributed by atoms with Gasteiger partial charge in [0, 0.05) is 24.0 Å². The van der Waals surface area contributed by atoms with Crippen molar-refractivity contribution in [2.75, 3.05) is 11.9 Å². The molecule has 1 N–H and O–H groups in total. The number of nitro benzene ring substituents is 1. The zero-order valence-corrected chi connectivity index (χ0v) is 13.5. The van der Waals surface area contributed by atoms with Crippen LogP contribution in [0.3, 0.4) is 0 Å². The Morgan fingerprint density at radius 2 is 2.17 bits per heavy atom. The van der Waals surface area contributed by atoms with Crippen molar-refractivity contribution in [2.45, 2.75) is 25.9 Å². The monoisotopic (exact) mass is 331 g/mol. The van der Waals surface area contributed by atoms with Crippen molar-refractivity contribution in [3.05, 3.63) is 56.3 Å². The number of anilines is 1. The summed E-state index contributed by atoms with van der Waals surface area (Å²) < 4.78 is 0. The first kappa shape index (κ1) is 15.6. The minimum Gasteiger partial charge on any atom is -0.319 e. The van der Waals surface area contributed by atoms with Gasteiger partial charge in [0.25, 0.3) is 5.69 Å². The highest BCUT2D eigenvalue weighted by atomic mass is 32.1. The third-order valence-corrected chi connectivity index (χ3v) is 5.15. The highest BCUT2D eigenvalue weighted by Crippen LogP contribution is 2.27. The molecule has 6 nitrogen and oxygen atoms in total. The number of nitro groups is 1. The van der Waals surface area contributed by atoms with Gasteiger partial charge in [-0.15, -0.1) is 11.3 Å². The van der Waals surface area contributed by atoms with Gasteiger partial charge < -0.3 is 5.32 Å². The summed E-state index contributed by atoms with van der Waals surface area (Å²) in [5.41, 5.74) is 1.42. The Kier molecular flexibility index (Phi) is 4.40. The third-order valence-electron chi connectivity index (χ3n) is 4.12. The van der Waals surface area contributed by atoms with Crippen LogP contribution >= 0.6 is 11.3 Å². The van der Waals surface area contributed by atoms with E-state index in [2.05, 4.69) is 21.7 Å². The Morgan fingerprint density at radius 1 is 1.39 bits per heavy atom. The molecule has 7 heteroatoms. The lowest BCUT2D eigenvalue weighted by Crippen LogP contribution is -2.44. The molecule has 0 saturated heterocycles. The predicted molar refractivity (Wildman–Crippen MR) is 89.6 cm³/mol. The summed E-state index contributed by atoms with van der Waals surface area (Å²) in [6.45, 7) is 3.39. The first-order valence-electron chi connectivity index (χ1n) is 7.40. The van der Waals surface area contributed by atoms with E-state index in [1.807, 2.05) is 6.92 Å². The lowest BCUT2D eigenvalue weighted by Gasteiger charge is -2.31. The fourth-order valence-electron chi connectivity index (χ4n) is 2.74. The van der Waals surface area contributed by atoms with Crippen molar-refractivity contribution in [3.63, 3.8) is 0 Å². The molecule has 1 aliphatic heterocycles. The summed E-state index contributed by atoms with van der Waals surface area (Å²) >= 11 is 1.75. The number of hydrogen-bond acceptors (Lipinski definition) is 5. The van der Waals surface area contributed by atoms with E-state index in [1.165, 1.54) is 16.5 Å². The Bertz CT molecular complexity index is 744. The van der Waals surface area contributed by atoms with Crippen molar-refractivity contribution in [3.8, 4) is 0 Å². The van der Waals surface area contributed by atoms with Crippen LogP contribution in [0.15, 0.2) is 35.7 Å². The van der Waals surface area contributed by atoms with E-state index in [-0.39, 0.29) is 23.3 Å². The molecule has 0 bridgehead atoms. The summed E-state index contributed by atoms with van der Waals surface area (Å²) in [5, 5.41) is 15.8. The van der Waals surface area contributed by atoms with Crippen LogP contribution < -0.4 is 5.32 Å². The fourth-order valence-corrected chi connectivity index (χ4v) is 3.63. The van der Waals surface area contributed by atoms with Gasteiger partial charge in [-0.25, -0.2) is 0 Å². The van der Waals surface area contributed by atoms with Gasteiger partial charge in [0.2, 0.25) is 5.91 Å². The second-order valence-electron chi connectivity index (χ2n) is 5.53. The van der Waals surface area contributed by atoms with Crippen molar-refractivity contribution in [1.29, 1.82) is 0 Å². The van der Waals surface area contributed by atoms with E-state index in [9.17, 15) is 14.9 Å². The zero-order valence-electron chi connectivity index (χ0n) is 12.7. The number of carbonyl (C=O) groups is 1. The Morgan fingerprint density at radius 3 is 2.96 bits per heavy atom. The lowest BCUT2D eigenvalue weighted by atomic mass is 10.1. The highest BCUT2D eigenvalue weighted by Gasteiger charge is 2.27. The highest BCUT2D eigenvalue weighted by molar-refractivity contribution is 7.10. The quantitative estimate of drug-likeness (QED) is 0.690. The van der Waals surface area contributed by atoms with Gasteiger partial charge >= 0.3 is 0 Å². The van der Waals surface area contributed by atoms with Crippen molar-refractivity contribution in [1.82, 2.24) is 4.90 Å². The molecular weight excluding hydrogens is 314 g/mol. The number of thiophene rings is 1. The molecule has 3 rings (SSSR count). The van der Waals surface area contributed by atoms with Crippen molar-refractivity contribution < 1.29 is 9.72 Å². The summed E-state index contributed by atoms with van der Waals surface area (Å²) in [7, 11) is 0. The molecule has 1 atom stereocenters. The Labute approximate surface area is 137 Å². The number of rotatable bonds is 4. The van der Waals surface area contributed by atoms with E-state index in [1.54, 1.807) is 29.5 Å². The van der Waals surface area contributed by atoms with Crippen LogP contribution in [0.1, 0.15) is 17.4 Å². The average Bonchev–Trinajstić information content (AvgIpc) is 3.01. The smallest absolute Gasteiger partial charge is 0.292 e. The van der Waals surface area contributed by atoms with E-state index in [4.69, 9.17) is 0 Å². The molecule has 0 spiro atoms. The average molecular weight is 331 g/mol. The number of hydrogen-bond donors (Lipinski definition) is 1. The van der Waals surface area contributed by atoms with Crippen LogP contribution in [-0.2, 0) is 17.8 Å². The van der Waals surface area contributed by atoms with Crippen LogP contribution in [0, 0.1) is 10.1 Å². The first-order valence-corrected chi connectivity index (χ1v) is 8.28. The van der Waals surface area contributed by atoms with E-state index in [0.29, 0.717) is 0 Å². The fraction of sp³-hybridized carbons (Fsp3) is 0.312. The van der Waals surface area contributed by atoms with Gasteiger partial charge in [-0.1, -0.05) is 12.1 Å². The molecule has 120 valence electrons. The van der Waals surface area contributed by atoms with Crippen molar-refractivity contribution >= 4 is 28.6 Å². The number of nitrogens with zero attached hydrogens (tertiary/aromatic N) is 2. The zero-order chi connectivity index (χ0) is 16.4. The van der Waals surface area contributed by atoms with E-state index < -0.39 is 4.92 Å². The number of para-hydroxylation sites is 2. The number of nitrogens with one attached hydrogen (secondary N) is 1. The molecule has 1 amide bonds. The molecular formula is C16H17N3O3S. The van der Waals surface area contributed by atoms with Crippen LogP contribution in [0.2, 0.25) is 0 Å². The lowest BCUT2D eigenvalue weighted by molar-refractivity contribution is -0.383. The molecule has 1 aliphatic rings. The number of carbonyl (C=O) groups excluding carboxylic acids is 1. The standard InChI is InChI=1S/C16H17N3O3S/c1-11(18-8-6-15-12(10-18)7-9-23-15)16(20)17-13-4-2-3-5-14(13)19(21)22/h2-5,7,9,11H,6,8,10H2,1H3,(H,17,20). The largest absolute Gasteiger partial charge is 0.319 e. The number of amides is 1. The molecule has 1 aromatic carbocycles. The molecule has 2 aromatic rings. The molecule has 0 aliphatic carbocycles. The second kappa shape index (κ2) is 6.47. The minimum atomic E-state index is -0.487. The second-order valence-corrected chi connectivity index (χ2v) is 6.53. The van der Waals surface area contributed by atoms with Crippen LogP contribution in [0.4, 0.5) is 11.4 Å². The van der Waals surface area contributed by atoms with E-state index in [0.717, 1.165) is 19.5 Å². The Hall–Kier alpha value is -2.25. The van der Waals surface area contributed by atoms with Gasteiger partial charge in [0.15, 0.2) is 0 Å². The molecule has 23 heavy (non-hydrogen) atoms. The molecule has 2 heterocycles. The van der Waals surface area contributed by atoms with Gasteiger partial charge in [-0.3, -0.25) is 19.8 Å². The summed E-state index contributed by atoms with van der Waals surface area (Å²) in [5.74, 6) is -0.224. The molecule has 1 unspecified atom stereocenters.